The van der Waals surface area contributed by atoms with Crippen molar-refractivity contribution in [3.63, 3.8) is 0 Å². The molecule has 0 atom stereocenters. The molecule has 0 bridgehead atoms. The van der Waals surface area contributed by atoms with Crippen molar-refractivity contribution in [1.29, 1.82) is 0 Å². The van der Waals surface area contributed by atoms with E-state index in [0.717, 1.165) is 23.7 Å². The van der Waals surface area contributed by atoms with Gasteiger partial charge in [-0.1, -0.05) is 56.2 Å². The molecule has 1 saturated carbocycles. The van der Waals surface area contributed by atoms with Crippen LogP contribution in [0.2, 0.25) is 0 Å². The second-order valence-electron chi connectivity index (χ2n) is 5.57. The highest BCUT2D eigenvalue weighted by molar-refractivity contribution is 5.85. The summed E-state index contributed by atoms with van der Waals surface area (Å²) in [7, 11) is 0. The smallest absolute Gasteiger partial charge is 0.328 e. The summed E-state index contributed by atoms with van der Waals surface area (Å²) in [5.74, 6) is -0.923. The van der Waals surface area contributed by atoms with E-state index >= 15 is 0 Å². The first-order valence-corrected chi connectivity index (χ1v) is 7.59. The molecule has 0 spiro atoms. The average Bonchev–Trinajstić information content (AvgIpc) is 2.93. The number of carbonyl (C=O) groups is 1. The number of carboxylic acids is 1. The summed E-state index contributed by atoms with van der Waals surface area (Å²) in [6.07, 6.45) is 12.2. The van der Waals surface area contributed by atoms with Crippen LogP contribution in [0.1, 0.15) is 43.7 Å². The summed E-state index contributed by atoms with van der Waals surface area (Å²) in [6, 6.07) is 7.92. The molecule has 0 aliphatic heterocycles. The first-order valence-electron chi connectivity index (χ1n) is 7.59. The summed E-state index contributed by atoms with van der Waals surface area (Å²) in [6.45, 7) is 3.14. The Hall–Kier alpha value is -1.87. The number of carboxylic acid groups (broad SMARTS) is 1. The maximum Gasteiger partial charge on any atom is 0.328 e. The molecule has 1 aliphatic rings. The van der Waals surface area contributed by atoms with Gasteiger partial charge < -0.3 is 10.4 Å². The van der Waals surface area contributed by atoms with E-state index in [1.165, 1.54) is 25.7 Å². The van der Waals surface area contributed by atoms with E-state index in [1.807, 2.05) is 24.3 Å². The fraction of sp³-hybridized carbons (Fsp3) is 0.389. The normalized spacial score (nSPS) is 17.8. The molecule has 1 aromatic rings. The zero-order valence-corrected chi connectivity index (χ0v) is 12.5. The van der Waals surface area contributed by atoms with Crippen LogP contribution in [-0.2, 0) is 4.79 Å². The number of hydrogen-bond donors (Lipinski definition) is 2. The molecule has 3 nitrogen and oxygen atoms in total. The lowest BCUT2D eigenvalue weighted by Crippen LogP contribution is -2.40. The Morgan fingerprint density at radius 2 is 1.76 bits per heavy atom. The SMILES string of the molecule is CCNC1(/C=C/c2ccc(/C=C/C(=O)O)cc2)CCCC1. The van der Waals surface area contributed by atoms with Crippen molar-refractivity contribution in [3.8, 4) is 0 Å². The molecule has 3 heteroatoms. The largest absolute Gasteiger partial charge is 0.478 e. The van der Waals surface area contributed by atoms with Gasteiger partial charge in [-0.2, -0.15) is 0 Å². The lowest BCUT2D eigenvalue weighted by atomic mass is 9.95. The molecule has 0 heterocycles. The van der Waals surface area contributed by atoms with Gasteiger partial charge in [0.25, 0.3) is 0 Å². The van der Waals surface area contributed by atoms with Crippen LogP contribution in [0, 0.1) is 0 Å². The Balaban J connectivity index is 2.05. The van der Waals surface area contributed by atoms with Crippen LogP contribution >= 0.6 is 0 Å². The molecular formula is C18H23NO2. The topological polar surface area (TPSA) is 49.3 Å². The summed E-state index contributed by atoms with van der Waals surface area (Å²) >= 11 is 0. The zero-order valence-electron chi connectivity index (χ0n) is 12.5. The predicted octanol–water partition coefficient (Wildman–Crippen LogP) is 3.72. The third-order valence-corrected chi connectivity index (χ3v) is 3.97. The monoisotopic (exact) mass is 285 g/mol. The fourth-order valence-electron chi connectivity index (χ4n) is 2.90. The van der Waals surface area contributed by atoms with Gasteiger partial charge in [0.15, 0.2) is 0 Å². The van der Waals surface area contributed by atoms with E-state index in [1.54, 1.807) is 6.08 Å². The second-order valence-corrected chi connectivity index (χ2v) is 5.57. The van der Waals surface area contributed by atoms with Gasteiger partial charge in [-0.05, 0) is 36.6 Å². The highest BCUT2D eigenvalue weighted by atomic mass is 16.4. The van der Waals surface area contributed by atoms with Crippen molar-refractivity contribution in [3.05, 3.63) is 47.5 Å². The molecule has 0 amide bonds. The van der Waals surface area contributed by atoms with E-state index in [2.05, 4.69) is 24.4 Å². The van der Waals surface area contributed by atoms with Gasteiger partial charge >= 0.3 is 5.97 Å². The van der Waals surface area contributed by atoms with Crippen molar-refractivity contribution in [2.24, 2.45) is 0 Å². The van der Waals surface area contributed by atoms with Crippen LogP contribution < -0.4 is 5.32 Å². The Kier molecular flexibility index (Phi) is 5.34. The molecule has 2 rings (SSSR count). The highest BCUT2D eigenvalue weighted by Crippen LogP contribution is 2.31. The third-order valence-electron chi connectivity index (χ3n) is 3.97. The lowest BCUT2D eigenvalue weighted by Gasteiger charge is -2.26. The summed E-state index contributed by atoms with van der Waals surface area (Å²) in [5, 5.41) is 12.2. The number of likely N-dealkylation sites (N-methyl/N-ethyl adjacent to an activating group) is 1. The molecule has 1 aliphatic carbocycles. The minimum Gasteiger partial charge on any atom is -0.478 e. The Bertz CT molecular complexity index is 523. The summed E-state index contributed by atoms with van der Waals surface area (Å²) < 4.78 is 0. The van der Waals surface area contributed by atoms with Crippen molar-refractivity contribution in [1.82, 2.24) is 5.32 Å². The van der Waals surface area contributed by atoms with Crippen molar-refractivity contribution >= 4 is 18.1 Å². The quantitative estimate of drug-likeness (QED) is 0.783. The van der Waals surface area contributed by atoms with Crippen LogP contribution in [0.3, 0.4) is 0 Å². The van der Waals surface area contributed by atoms with E-state index < -0.39 is 5.97 Å². The first-order chi connectivity index (χ1) is 10.1. The number of rotatable bonds is 6. The van der Waals surface area contributed by atoms with Gasteiger partial charge in [-0.15, -0.1) is 0 Å². The molecule has 21 heavy (non-hydrogen) atoms. The molecule has 0 unspecified atom stereocenters. The summed E-state index contributed by atoms with van der Waals surface area (Å²) in [5.41, 5.74) is 2.21. The van der Waals surface area contributed by atoms with Crippen LogP contribution in [-0.4, -0.2) is 23.2 Å². The first kappa shape index (κ1) is 15.5. The molecule has 2 N–H and O–H groups in total. The molecule has 1 fully saturated rings. The Morgan fingerprint density at radius 1 is 1.19 bits per heavy atom. The van der Waals surface area contributed by atoms with Crippen molar-refractivity contribution in [2.75, 3.05) is 6.54 Å². The van der Waals surface area contributed by atoms with Crippen LogP contribution in [0.25, 0.3) is 12.2 Å². The van der Waals surface area contributed by atoms with Crippen LogP contribution in [0.15, 0.2) is 36.4 Å². The molecule has 1 aromatic carbocycles. The van der Waals surface area contributed by atoms with E-state index in [-0.39, 0.29) is 5.54 Å². The molecule has 0 radical (unpaired) electrons. The van der Waals surface area contributed by atoms with Crippen molar-refractivity contribution < 1.29 is 9.90 Å². The Morgan fingerprint density at radius 3 is 2.29 bits per heavy atom. The second kappa shape index (κ2) is 7.23. The average molecular weight is 285 g/mol. The number of nitrogens with one attached hydrogen (secondary N) is 1. The fourth-order valence-corrected chi connectivity index (χ4v) is 2.90. The number of aliphatic carboxylic acids is 1. The molecule has 0 aromatic heterocycles. The van der Waals surface area contributed by atoms with E-state index in [9.17, 15) is 4.79 Å². The van der Waals surface area contributed by atoms with Gasteiger partial charge in [-0.3, -0.25) is 0 Å². The van der Waals surface area contributed by atoms with Crippen LogP contribution in [0.4, 0.5) is 0 Å². The van der Waals surface area contributed by atoms with Gasteiger partial charge in [0, 0.05) is 11.6 Å². The minimum absolute atomic E-state index is 0.163. The molecule has 112 valence electrons. The van der Waals surface area contributed by atoms with Gasteiger partial charge in [0.1, 0.15) is 0 Å². The molecular weight excluding hydrogens is 262 g/mol. The third kappa shape index (κ3) is 4.57. The predicted molar refractivity (Wildman–Crippen MR) is 87.0 cm³/mol. The Labute approximate surface area is 126 Å². The standard InChI is InChI=1S/C18H23NO2/c1-2-19-18(12-3-4-13-18)14-11-16-7-5-15(6-8-16)9-10-17(20)21/h5-11,14,19H,2-4,12-13H2,1H3,(H,20,21)/b10-9+,14-11+. The molecule has 0 saturated heterocycles. The van der Waals surface area contributed by atoms with Crippen LogP contribution in [0.5, 0.6) is 0 Å². The minimum atomic E-state index is -0.923. The lowest BCUT2D eigenvalue weighted by molar-refractivity contribution is -0.131. The summed E-state index contributed by atoms with van der Waals surface area (Å²) in [4.78, 5) is 10.5. The maximum atomic E-state index is 10.5. The maximum absolute atomic E-state index is 10.5. The van der Waals surface area contributed by atoms with E-state index in [4.69, 9.17) is 5.11 Å². The van der Waals surface area contributed by atoms with Gasteiger partial charge in [0.05, 0.1) is 0 Å². The highest BCUT2D eigenvalue weighted by Gasteiger charge is 2.29. The number of benzene rings is 1. The van der Waals surface area contributed by atoms with Gasteiger partial charge in [0.2, 0.25) is 0 Å². The van der Waals surface area contributed by atoms with E-state index in [0.29, 0.717) is 0 Å². The zero-order chi connectivity index (χ0) is 15.1. The number of hydrogen-bond acceptors (Lipinski definition) is 2. The van der Waals surface area contributed by atoms with Crippen molar-refractivity contribution in [2.45, 2.75) is 38.1 Å². The van der Waals surface area contributed by atoms with Gasteiger partial charge in [-0.25, -0.2) is 4.79 Å².